The molecule has 0 bridgehead atoms. The van der Waals surface area contributed by atoms with Gasteiger partial charge < -0.3 is 4.74 Å². The number of allylic oxidation sites excluding steroid dienone is 2. The summed E-state index contributed by atoms with van der Waals surface area (Å²) in [5.74, 6) is 0.793. The molecule has 3 rings (SSSR count). The monoisotopic (exact) mass is 355 g/mol. The van der Waals surface area contributed by atoms with Gasteiger partial charge in [-0.2, -0.15) is 0 Å². The quantitative estimate of drug-likeness (QED) is 0.622. The van der Waals surface area contributed by atoms with Crippen LogP contribution in [0.1, 0.15) is 71.1 Å². The van der Waals surface area contributed by atoms with Crippen LogP contribution in [0, 0.1) is 0 Å². The summed E-state index contributed by atoms with van der Waals surface area (Å²) in [5.41, 5.74) is 1.79. The normalized spacial score (nSPS) is 20.1. The maximum absolute atomic E-state index is 13.0. The molecule has 0 radical (unpaired) electrons. The van der Waals surface area contributed by atoms with E-state index < -0.39 is 0 Å². The Morgan fingerprint density at radius 3 is 2.65 bits per heavy atom. The lowest BCUT2D eigenvalue weighted by Gasteiger charge is -2.39. The number of hydrogen-bond acceptors (Lipinski definition) is 3. The molecule has 1 aliphatic heterocycles. The predicted molar refractivity (Wildman–Crippen MR) is 102 cm³/mol. The first-order valence-corrected chi connectivity index (χ1v) is 10.0. The zero-order valence-corrected chi connectivity index (χ0v) is 15.7. The number of carbonyl (C=O) groups excluding carboxylic acids is 2. The highest BCUT2D eigenvalue weighted by molar-refractivity contribution is 5.98. The lowest BCUT2D eigenvalue weighted by molar-refractivity contribution is -0.117. The summed E-state index contributed by atoms with van der Waals surface area (Å²) in [6.07, 6.45) is 9.21. The Bertz CT molecular complexity index is 665. The fourth-order valence-electron chi connectivity index (χ4n) is 4.04. The van der Waals surface area contributed by atoms with E-state index in [4.69, 9.17) is 4.74 Å². The molecule has 2 aliphatic rings. The van der Waals surface area contributed by atoms with Crippen LogP contribution < -0.4 is 4.74 Å². The molecule has 0 fully saturated rings. The number of unbranched alkanes of at least 4 members (excludes halogenated alkanes) is 3. The molecule has 0 spiro atoms. The summed E-state index contributed by atoms with van der Waals surface area (Å²) in [5, 5.41) is 0. The van der Waals surface area contributed by atoms with Crippen LogP contribution >= 0.6 is 0 Å². The predicted octanol–water partition coefficient (Wildman–Crippen LogP) is 5.63. The van der Waals surface area contributed by atoms with Crippen molar-refractivity contribution in [3.8, 4) is 5.75 Å². The van der Waals surface area contributed by atoms with Gasteiger partial charge in [0.25, 0.3) is 0 Å². The molecule has 1 heterocycles. The Labute approximate surface area is 156 Å². The maximum Gasteiger partial charge on any atom is 0.419 e. The highest BCUT2D eigenvalue weighted by atomic mass is 16.6. The van der Waals surface area contributed by atoms with E-state index in [2.05, 4.69) is 6.92 Å². The Hall–Kier alpha value is -2.10. The summed E-state index contributed by atoms with van der Waals surface area (Å²) in [6.45, 7) is 2.19. The van der Waals surface area contributed by atoms with Gasteiger partial charge in [-0.1, -0.05) is 50.8 Å². The molecule has 26 heavy (non-hydrogen) atoms. The second-order valence-electron chi connectivity index (χ2n) is 7.31. The first-order chi connectivity index (χ1) is 12.7. The van der Waals surface area contributed by atoms with Gasteiger partial charge in [-0.15, -0.1) is 0 Å². The minimum absolute atomic E-state index is 0.0626. The third kappa shape index (κ3) is 4.35. The zero-order chi connectivity index (χ0) is 18.4. The van der Waals surface area contributed by atoms with Gasteiger partial charge >= 0.3 is 6.09 Å². The van der Waals surface area contributed by atoms with Crippen molar-refractivity contribution in [3.63, 3.8) is 0 Å². The molecule has 4 nitrogen and oxygen atoms in total. The fourth-order valence-corrected chi connectivity index (χ4v) is 4.04. The average Bonchev–Trinajstić information content (AvgIpc) is 2.66. The van der Waals surface area contributed by atoms with Crippen LogP contribution in [0.4, 0.5) is 4.79 Å². The van der Waals surface area contributed by atoms with E-state index >= 15 is 0 Å². The van der Waals surface area contributed by atoms with E-state index in [-0.39, 0.29) is 17.9 Å². The molecule has 140 valence electrons. The van der Waals surface area contributed by atoms with Crippen LogP contribution in [0.15, 0.2) is 41.6 Å². The van der Waals surface area contributed by atoms with Crippen molar-refractivity contribution in [3.05, 3.63) is 41.6 Å². The van der Waals surface area contributed by atoms with Crippen molar-refractivity contribution < 1.29 is 14.3 Å². The smallest absolute Gasteiger partial charge is 0.410 e. The number of para-hydroxylation sites is 1. The zero-order valence-electron chi connectivity index (χ0n) is 15.7. The Kier molecular flexibility index (Phi) is 6.48. The highest BCUT2D eigenvalue weighted by Crippen LogP contribution is 2.37. The number of Topliss-reactive ketones (excluding diaryl/α,β-unsaturated/α-hetero) is 1. The van der Waals surface area contributed by atoms with Gasteiger partial charge in [-0.3, -0.25) is 9.69 Å². The van der Waals surface area contributed by atoms with Crippen LogP contribution in [0.2, 0.25) is 0 Å². The van der Waals surface area contributed by atoms with Crippen LogP contribution in [0.5, 0.6) is 5.75 Å². The van der Waals surface area contributed by atoms with Crippen LogP contribution in [0.25, 0.3) is 0 Å². The van der Waals surface area contributed by atoms with E-state index in [1.165, 1.54) is 12.8 Å². The molecule has 0 unspecified atom stereocenters. The van der Waals surface area contributed by atoms with Gasteiger partial charge in [0.2, 0.25) is 0 Å². The van der Waals surface area contributed by atoms with Crippen LogP contribution in [-0.4, -0.2) is 22.8 Å². The summed E-state index contributed by atoms with van der Waals surface area (Å²) in [7, 11) is 0. The van der Waals surface area contributed by atoms with Crippen LogP contribution in [-0.2, 0) is 4.79 Å². The Morgan fingerprint density at radius 1 is 1.12 bits per heavy atom. The number of ether oxygens (including phenoxy) is 1. The molecule has 0 aromatic heterocycles. The minimum atomic E-state index is -0.335. The Morgan fingerprint density at radius 2 is 1.88 bits per heavy atom. The summed E-state index contributed by atoms with van der Waals surface area (Å²) in [4.78, 5) is 27.4. The van der Waals surface area contributed by atoms with E-state index in [9.17, 15) is 9.59 Å². The molecule has 1 aliphatic carbocycles. The average molecular weight is 355 g/mol. The molecule has 1 amide bonds. The van der Waals surface area contributed by atoms with Crippen molar-refractivity contribution >= 4 is 11.9 Å². The summed E-state index contributed by atoms with van der Waals surface area (Å²) in [6, 6.07) is 9.13. The number of nitrogens with zero attached hydrogens (tertiary/aromatic N) is 1. The molecule has 0 saturated heterocycles. The van der Waals surface area contributed by atoms with Crippen molar-refractivity contribution in [2.24, 2.45) is 0 Å². The highest BCUT2D eigenvalue weighted by Gasteiger charge is 2.38. The maximum atomic E-state index is 13.0. The first kappa shape index (κ1) is 18.7. The van der Waals surface area contributed by atoms with E-state index in [1.807, 2.05) is 23.1 Å². The van der Waals surface area contributed by atoms with Gasteiger partial charge in [0, 0.05) is 23.7 Å². The molecular weight excluding hydrogens is 326 g/mol. The van der Waals surface area contributed by atoms with Crippen molar-refractivity contribution in [2.45, 2.75) is 77.2 Å². The van der Waals surface area contributed by atoms with Crippen LogP contribution in [0.3, 0.4) is 0 Å². The second kappa shape index (κ2) is 9.02. The number of benzene rings is 1. The van der Waals surface area contributed by atoms with Crippen molar-refractivity contribution in [2.75, 3.05) is 0 Å². The van der Waals surface area contributed by atoms with Crippen molar-refractivity contribution in [1.82, 2.24) is 4.90 Å². The van der Waals surface area contributed by atoms with E-state index in [1.54, 1.807) is 12.1 Å². The third-order valence-electron chi connectivity index (χ3n) is 5.39. The standard InChI is InChI=1S/C22H29NO3/c1-2-3-4-6-11-17-16-21(24)19-14-9-10-15-20(19)23(17)22(25)26-18-12-7-5-8-13-18/h5,7-8,12-13,17H,2-4,6,9-11,14-16H2,1H3/t17-/m0/s1. The largest absolute Gasteiger partial charge is 0.419 e. The molecule has 1 aromatic carbocycles. The number of amides is 1. The molecule has 1 aromatic rings. The van der Waals surface area contributed by atoms with E-state index in [0.29, 0.717) is 12.2 Å². The van der Waals surface area contributed by atoms with Gasteiger partial charge in [0.15, 0.2) is 5.78 Å². The van der Waals surface area contributed by atoms with Crippen molar-refractivity contribution in [1.29, 1.82) is 0 Å². The van der Waals surface area contributed by atoms with Gasteiger partial charge in [0.05, 0.1) is 0 Å². The first-order valence-electron chi connectivity index (χ1n) is 10.0. The molecule has 1 atom stereocenters. The topological polar surface area (TPSA) is 46.6 Å². The molecule has 0 N–H and O–H groups in total. The minimum Gasteiger partial charge on any atom is -0.410 e. The molecule has 4 heteroatoms. The Balaban J connectivity index is 1.80. The summed E-state index contributed by atoms with van der Waals surface area (Å²) < 4.78 is 5.64. The summed E-state index contributed by atoms with van der Waals surface area (Å²) >= 11 is 0. The van der Waals surface area contributed by atoms with Gasteiger partial charge in [-0.25, -0.2) is 4.79 Å². The SMILES string of the molecule is CCCCCC[C@H]1CC(=O)C2=C(CCCC2)N1C(=O)Oc1ccccc1. The number of hydrogen-bond donors (Lipinski definition) is 0. The third-order valence-corrected chi connectivity index (χ3v) is 5.39. The fraction of sp³-hybridized carbons (Fsp3) is 0.545. The van der Waals surface area contributed by atoms with Gasteiger partial charge in [0.1, 0.15) is 5.75 Å². The molecular formula is C22H29NO3. The molecule has 0 saturated carbocycles. The number of rotatable bonds is 6. The lowest BCUT2D eigenvalue weighted by Crippen LogP contribution is -2.47. The number of ketones is 1. The lowest BCUT2D eigenvalue weighted by atomic mass is 9.84. The number of carbonyl (C=O) groups is 2. The van der Waals surface area contributed by atoms with Gasteiger partial charge in [-0.05, 0) is 44.2 Å². The van der Waals surface area contributed by atoms with E-state index in [0.717, 1.165) is 56.2 Å². The second-order valence-corrected chi connectivity index (χ2v) is 7.31.